The number of halogens is 6. The molecule has 2 saturated heterocycles. The Kier molecular flexibility index (Phi) is 9.04. The summed E-state index contributed by atoms with van der Waals surface area (Å²) < 4.78 is 85.0. The van der Waals surface area contributed by atoms with E-state index in [0.29, 0.717) is 37.4 Å². The molecule has 14 heteroatoms. The van der Waals surface area contributed by atoms with E-state index in [0.717, 1.165) is 4.90 Å². The van der Waals surface area contributed by atoms with Gasteiger partial charge in [-0.05, 0) is 49.6 Å². The summed E-state index contributed by atoms with van der Waals surface area (Å²) in [7, 11) is 1.54. The molecule has 2 heterocycles. The van der Waals surface area contributed by atoms with Crippen molar-refractivity contribution in [3.05, 3.63) is 65.2 Å². The van der Waals surface area contributed by atoms with Crippen molar-refractivity contribution in [2.45, 2.75) is 37.2 Å². The highest BCUT2D eigenvalue weighted by molar-refractivity contribution is 5.98. The van der Waals surface area contributed by atoms with Crippen LogP contribution in [-0.4, -0.2) is 79.6 Å². The Morgan fingerprint density at radius 2 is 1.55 bits per heavy atom. The zero-order chi connectivity index (χ0) is 30.7. The summed E-state index contributed by atoms with van der Waals surface area (Å²) in [5, 5.41) is 2.74. The van der Waals surface area contributed by atoms with Crippen molar-refractivity contribution < 1.29 is 45.5 Å². The highest BCUT2D eigenvalue weighted by atomic mass is 19.4. The number of piperidine rings is 1. The third kappa shape index (κ3) is 6.63. The van der Waals surface area contributed by atoms with E-state index >= 15 is 0 Å². The fourth-order valence-electron chi connectivity index (χ4n) is 5.34. The van der Waals surface area contributed by atoms with E-state index in [1.807, 2.05) is 4.90 Å². The van der Waals surface area contributed by atoms with Gasteiger partial charge in [-0.15, -0.1) is 0 Å². The molecule has 0 aromatic heterocycles. The van der Waals surface area contributed by atoms with Gasteiger partial charge in [-0.1, -0.05) is 18.2 Å². The molecular weight excluding hydrogens is 570 g/mol. The molecule has 0 bridgehead atoms. The molecule has 2 fully saturated rings. The molecule has 4 rings (SSSR count). The van der Waals surface area contributed by atoms with Gasteiger partial charge in [-0.25, -0.2) is 0 Å². The Hall–Kier alpha value is -3.81. The quantitative estimate of drug-likeness (QED) is 0.364. The van der Waals surface area contributed by atoms with Gasteiger partial charge in [0, 0.05) is 44.6 Å². The number of likely N-dealkylation sites (tertiary alicyclic amines) is 1. The number of para-hydroxylation sites is 1. The molecule has 3 amide bonds. The van der Waals surface area contributed by atoms with Crippen LogP contribution in [0.3, 0.4) is 0 Å². The topological polar surface area (TPSA) is 82.2 Å². The SMILES string of the molecule is COCCCNC(=O)CN1CN(c2ccccc2)C2(CCN(C(=O)c3cc(C(F)(F)F)cc(C(F)(F)F)c3)CC2)C1=O. The third-order valence-electron chi connectivity index (χ3n) is 7.48. The standard InChI is InChI=1S/C28H30F6N4O4/c1-42-13-5-10-35-23(39)17-37-18-38(22-6-3-2-4-7-22)26(25(37)41)8-11-36(12-9-26)24(40)19-14-20(27(29,30)31)16-21(15-19)28(32,33)34/h2-4,6-7,14-16H,5,8-13,17-18H2,1H3,(H,35,39). The zero-order valence-corrected chi connectivity index (χ0v) is 22.7. The number of hydrogen-bond acceptors (Lipinski definition) is 5. The van der Waals surface area contributed by atoms with Crippen LogP contribution in [0.4, 0.5) is 32.0 Å². The molecule has 2 aliphatic heterocycles. The van der Waals surface area contributed by atoms with E-state index in [1.165, 1.54) is 4.90 Å². The van der Waals surface area contributed by atoms with Crippen LogP contribution in [0.2, 0.25) is 0 Å². The van der Waals surface area contributed by atoms with Gasteiger partial charge in [0.05, 0.1) is 17.8 Å². The van der Waals surface area contributed by atoms with Crippen molar-refractivity contribution in [1.29, 1.82) is 0 Å². The molecule has 0 aliphatic carbocycles. The van der Waals surface area contributed by atoms with Crippen LogP contribution in [0.5, 0.6) is 0 Å². The summed E-state index contributed by atoms with van der Waals surface area (Å²) in [4.78, 5) is 43.9. The number of benzene rings is 2. The first-order valence-electron chi connectivity index (χ1n) is 13.2. The van der Waals surface area contributed by atoms with Crippen LogP contribution in [0.15, 0.2) is 48.5 Å². The maximum Gasteiger partial charge on any atom is 0.416 e. The number of hydrogen-bond donors (Lipinski definition) is 1. The summed E-state index contributed by atoms with van der Waals surface area (Å²) in [6.45, 7) is 0.520. The van der Waals surface area contributed by atoms with Crippen molar-refractivity contribution in [2.75, 3.05) is 51.5 Å². The number of anilines is 1. The van der Waals surface area contributed by atoms with Crippen molar-refractivity contribution >= 4 is 23.4 Å². The van der Waals surface area contributed by atoms with Crippen LogP contribution in [-0.2, 0) is 26.7 Å². The molecule has 8 nitrogen and oxygen atoms in total. The molecule has 228 valence electrons. The minimum absolute atomic E-state index is 0.0285. The lowest BCUT2D eigenvalue weighted by Gasteiger charge is -2.43. The van der Waals surface area contributed by atoms with Crippen molar-refractivity contribution in [3.8, 4) is 0 Å². The summed E-state index contributed by atoms with van der Waals surface area (Å²) in [6.07, 6.45) is -9.47. The highest BCUT2D eigenvalue weighted by Gasteiger charge is 2.54. The first-order chi connectivity index (χ1) is 19.8. The lowest BCUT2D eigenvalue weighted by Crippen LogP contribution is -2.57. The molecule has 42 heavy (non-hydrogen) atoms. The number of amides is 3. The van der Waals surface area contributed by atoms with Crippen molar-refractivity contribution in [3.63, 3.8) is 0 Å². The van der Waals surface area contributed by atoms with Gasteiger partial charge in [-0.2, -0.15) is 26.3 Å². The molecule has 0 radical (unpaired) electrons. The average molecular weight is 601 g/mol. The Morgan fingerprint density at radius 1 is 0.952 bits per heavy atom. The van der Waals surface area contributed by atoms with E-state index in [1.54, 1.807) is 37.4 Å². The Morgan fingerprint density at radius 3 is 2.10 bits per heavy atom. The first-order valence-corrected chi connectivity index (χ1v) is 13.2. The molecule has 2 aliphatic rings. The average Bonchev–Trinajstić information content (AvgIpc) is 3.20. The van der Waals surface area contributed by atoms with Crippen LogP contribution in [0, 0.1) is 0 Å². The molecule has 1 spiro atoms. The van der Waals surface area contributed by atoms with Gasteiger partial charge in [0.25, 0.3) is 11.8 Å². The molecule has 0 saturated carbocycles. The largest absolute Gasteiger partial charge is 0.416 e. The van der Waals surface area contributed by atoms with Crippen LogP contribution in [0.25, 0.3) is 0 Å². The van der Waals surface area contributed by atoms with Gasteiger partial charge in [0.15, 0.2) is 0 Å². The fourth-order valence-corrected chi connectivity index (χ4v) is 5.34. The molecule has 2 aromatic carbocycles. The Labute approximate surface area is 238 Å². The molecular formula is C28H30F6N4O4. The second-order valence-electron chi connectivity index (χ2n) is 10.2. The maximum absolute atomic E-state index is 13.8. The van der Waals surface area contributed by atoms with Crippen LogP contribution < -0.4 is 10.2 Å². The van der Waals surface area contributed by atoms with Gasteiger partial charge in [0.1, 0.15) is 12.1 Å². The summed E-state index contributed by atoms with van der Waals surface area (Å²) >= 11 is 0. The fraction of sp³-hybridized carbons (Fsp3) is 0.464. The summed E-state index contributed by atoms with van der Waals surface area (Å²) in [5.74, 6) is -1.70. The molecule has 2 aromatic rings. The number of alkyl halides is 6. The van der Waals surface area contributed by atoms with E-state index in [9.17, 15) is 40.7 Å². The normalized spacial score (nSPS) is 17.2. The highest BCUT2D eigenvalue weighted by Crippen LogP contribution is 2.41. The molecule has 0 unspecified atom stereocenters. The number of nitrogens with one attached hydrogen (secondary N) is 1. The zero-order valence-electron chi connectivity index (χ0n) is 22.7. The first kappa shape index (κ1) is 31.1. The summed E-state index contributed by atoms with van der Waals surface area (Å²) in [6, 6.07) is 9.73. The minimum Gasteiger partial charge on any atom is -0.385 e. The number of carbonyl (C=O) groups excluding carboxylic acids is 3. The van der Waals surface area contributed by atoms with E-state index in [-0.39, 0.29) is 57.0 Å². The third-order valence-corrected chi connectivity index (χ3v) is 7.48. The van der Waals surface area contributed by atoms with Crippen LogP contribution >= 0.6 is 0 Å². The van der Waals surface area contributed by atoms with Crippen LogP contribution in [0.1, 0.15) is 40.7 Å². The minimum atomic E-state index is -5.09. The van der Waals surface area contributed by atoms with E-state index in [4.69, 9.17) is 4.74 Å². The Bertz CT molecular complexity index is 1260. The second-order valence-corrected chi connectivity index (χ2v) is 10.2. The maximum atomic E-state index is 13.8. The Balaban J connectivity index is 1.54. The van der Waals surface area contributed by atoms with Gasteiger partial charge in [-0.3, -0.25) is 14.4 Å². The number of nitrogens with zero attached hydrogens (tertiary/aromatic N) is 3. The summed E-state index contributed by atoms with van der Waals surface area (Å²) in [5.41, 5.74) is -4.35. The molecule has 0 atom stereocenters. The lowest BCUT2D eigenvalue weighted by molar-refractivity contribution is -0.143. The number of rotatable bonds is 8. The van der Waals surface area contributed by atoms with Gasteiger partial charge >= 0.3 is 12.4 Å². The van der Waals surface area contributed by atoms with E-state index in [2.05, 4.69) is 5.32 Å². The molecule has 1 N–H and O–H groups in total. The predicted octanol–water partition coefficient (Wildman–Crippen LogP) is 4.16. The van der Waals surface area contributed by atoms with Gasteiger partial charge < -0.3 is 24.8 Å². The van der Waals surface area contributed by atoms with Crippen molar-refractivity contribution in [2.24, 2.45) is 0 Å². The smallest absolute Gasteiger partial charge is 0.385 e. The predicted molar refractivity (Wildman–Crippen MR) is 139 cm³/mol. The van der Waals surface area contributed by atoms with E-state index < -0.39 is 40.5 Å². The number of methoxy groups -OCH3 is 1. The lowest BCUT2D eigenvalue weighted by atomic mass is 9.85. The number of carbonyl (C=O) groups is 3. The second kappa shape index (κ2) is 12.2. The van der Waals surface area contributed by atoms with Crippen molar-refractivity contribution in [1.82, 2.24) is 15.1 Å². The number of ether oxygens (including phenoxy) is 1. The monoisotopic (exact) mass is 600 g/mol. The van der Waals surface area contributed by atoms with Gasteiger partial charge in [0.2, 0.25) is 5.91 Å².